The molecule has 12 heteroatoms. The number of nitrogens with zero attached hydrogens (tertiary/aromatic N) is 4. The van der Waals surface area contributed by atoms with E-state index in [1.807, 2.05) is 4.90 Å². The number of rotatable bonds is 5. The maximum Gasteiger partial charge on any atom is 0.263 e. The zero-order chi connectivity index (χ0) is 24.0. The van der Waals surface area contributed by atoms with Crippen molar-refractivity contribution in [1.29, 1.82) is 0 Å². The average molecular weight is 522 g/mol. The van der Waals surface area contributed by atoms with E-state index in [-0.39, 0.29) is 26.8 Å². The lowest BCUT2D eigenvalue weighted by Gasteiger charge is -2.26. The van der Waals surface area contributed by atoms with Gasteiger partial charge in [0.05, 0.1) is 9.92 Å². The molecule has 3 heterocycles. The number of halogens is 3. The molecule has 0 unspecified atom stereocenters. The number of carbonyl (C=O) groups excluding carboxylic acids is 1. The van der Waals surface area contributed by atoms with Gasteiger partial charge in [0.25, 0.3) is 10.0 Å². The number of carbonyl (C=O) groups is 1. The van der Waals surface area contributed by atoms with E-state index in [1.165, 1.54) is 30.3 Å². The van der Waals surface area contributed by atoms with Crippen molar-refractivity contribution in [3.8, 4) is 0 Å². The van der Waals surface area contributed by atoms with Gasteiger partial charge in [-0.15, -0.1) is 10.2 Å². The number of benzene rings is 2. The first kappa shape index (κ1) is 22.8. The second-order valence-corrected chi connectivity index (χ2v) is 10.4. The number of hydrogen-bond donors (Lipinski definition) is 1. The van der Waals surface area contributed by atoms with Crippen LogP contribution < -0.4 is 14.5 Å². The molecule has 0 bridgehead atoms. The molecule has 3 aromatic rings. The summed E-state index contributed by atoms with van der Waals surface area (Å²) in [5.41, 5.74) is 2.10. The third kappa shape index (κ3) is 4.06. The Morgan fingerprint density at radius 3 is 2.47 bits per heavy atom. The van der Waals surface area contributed by atoms with E-state index in [2.05, 4.69) is 14.9 Å². The minimum absolute atomic E-state index is 0.0151. The summed E-state index contributed by atoms with van der Waals surface area (Å²) in [4.78, 5) is 16.8. The van der Waals surface area contributed by atoms with Crippen molar-refractivity contribution < 1.29 is 17.6 Å². The maximum absolute atomic E-state index is 13.8. The molecule has 1 atom stereocenters. The minimum atomic E-state index is -3.90. The predicted molar refractivity (Wildman–Crippen MR) is 128 cm³/mol. The smallest absolute Gasteiger partial charge is 0.263 e. The molecule has 1 aromatic heterocycles. The third-order valence-corrected chi connectivity index (χ3v) is 7.95. The number of hydrogen-bond acceptors (Lipinski definition) is 6. The van der Waals surface area contributed by atoms with Crippen LogP contribution in [-0.4, -0.2) is 43.7 Å². The molecule has 176 valence electrons. The van der Waals surface area contributed by atoms with E-state index in [1.54, 1.807) is 23.1 Å². The van der Waals surface area contributed by atoms with Gasteiger partial charge in [-0.05, 0) is 66.9 Å². The summed E-state index contributed by atoms with van der Waals surface area (Å²) in [5.74, 6) is -0.523. The van der Waals surface area contributed by atoms with Crippen molar-refractivity contribution in [3.05, 3.63) is 70.1 Å². The first-order valence-corrected chi connectivity index (χ1v) is 12.7. The van der Waals surface area contributed by atoms with Gasteiger partial charge in [-0.3, -0.25) is 9.52 Å². The van der Waals surface area contributed by atoms with Crippen molar-refractivity contribution in [2.24, 2.45) is 0 Å². The summed E-state index contributed by atoms with van der Waals surface area (Å²) < 4.78 is 41.4. The Hall–Kier alpha value is -2.95. The van der Waals surface area contributed by atoms with Crippen molar-refractivity contribution in [2.45, 2.75) is 23.8 Å². The topological polar surface area (TPSA) is 95.5 Å². The maximum atomic E-state index is 13.8. The number of anilines is 3. The highest BCUT2D eigenvalue weighted by Crippen LogP contribution is 2.38. The molecule has 1 fully saturated rings. The van der Waals surface area contributed by atoms with Crippen LogP contribution in [0, 0.1) is 5.82 Å². The lowest BCUT2D eigenvalue weighted by atomic mass is 10.1. The van der Waals surface area contributed by atoms with Crippen LogP contribution >= 0.6 is 23.2 Å². The number of aromatic nitrogens is 2. The van der Waals surface area contributed by atoms with Crippen molar-refractivity contribution >= 4 is 56.3 Å². The summed E-state index contributed by atoms with van der Waals surface area (Å²) in [6.07, 6.45) is 1.16. The molecule has 1 N–H and O–H groups in total. The molecule has 2 aliphatic rings. The number of nitrogens with one attached hydrogen (secondary N) is 1. The highest BCUT2D eigenvalue weighted by Gasteiger charge is 2.39. The molecule has 2 aromatic carbocycles. The van der Waals surface area contributed by atoms with Gasteiger partial charge in [0.2, 0.25) is 5.91 Å². The van der Waals surface area contributed by atoms with E-state index in [4.69, 9.17) is 23.2 Å². The summed E-state index contributed by atoms with van der Waals surface area (Å²) >= 11 is 11.8. The van der Waals surface area contributed by atoms with Gasteiger partial charge in [0, 0.05) is 24.5 Å². The van der Waals surface area contributed by atoms with Gasteiger partial charge in [0.1, 0.15) is 11.9 Å². The van der Waals surface area contributed by atoms with Crippen LogP contribution in [0.25, 0.3) is 0 Å². The van der Waals surface area contributed by atoms with E-state index >= 15 is 0 Å². The normalized spacial score (nSPS) is 17.9. The quantitative estimate of drug-likeness (QED) is 0.547. The Balaban J connectivity index is 1.32. The molecule has 0 aliphatic carbocycles. The third-order valence-electron chi connectivity index (χ3n) is 5.97. The Labute approximate surface area is 205 Å². The fraction of sp³-hybridized carbons (Fsp3) is 0.227. The van der Waals surface area contributed by atoms with Crippen LogP contribution in [0.2, 0.25) is 10.2 Å². The Morgan fingerprint density at radius 2 is 1.76 bits per heavy atom. The molecule has 1 saturated heterocycles. The molecular weight excluding hydrogens is 504 g/mol. The van der Waals surface area contributed by atoms with Crippen molar-refractivity contribution in [2.75, 3.05) is 27.6 Å². The van der Waals surface area contributed by atoms with E-state index in [0.717, 1.165) is 11.3 Å². The average Bonchev–Trinajstić information content (AvgIpc) is 3.41. The summed E-state index contributed by atoms with van der Waals surface area (Å²) in [6, 6.07) is 11.5. The summed E-state index contributed by atoms with van der Waals surface area (Å²) in [5, 5.41) is 7.56. The monoisotopic (exact) mass is 521 g/mol. The SMILES string of the molecule is O=C1[C@@H](N2CCc3c2ccc(F)c3Cl)CCN1c1ccc(S(=O)(=O)Nc2ccc(Cl)nn2)cc1. The van der Waals surface area contributed by atoms with Gasteiger partial charge < -0.3 is 9.80 Å². The van der Waals surface area contributed by atoms with E-state index in [0.29, 0.717) is 31.6 Å². The largest absolute Gasteiger partial charge is 0.359 e. The molecule has 0 radical (unpaired) electrons. The van der Waals surface area contributed by atoms with Gasteiger partial charge in [0.15, 0.2) is 11.0 Å². The van der Waals surface area contributed by atoms with E-state index < -0.39 is 21.9 Å². The molecule has 8 nitrogen and oxygen atoms in total. The molecule has 0 saturated carbocycles. The fourth-order valence-corrected chi connectivity index (χ4v) is 5.70. The molecule has 0 spiro atoms. The van der Waals surface area contributed by atoms with Gasteiger partial charge in [-0.1, -0.05) is 23.2 Å². The summed E-state index contributed by atoms with van der Waals surface area (Å²) in [7, 11) is -3.90. The first-order chi connectivity index (χ1) is 16.2. The van der Waals surface area contributed by atoms with Gasteiger partial charge in [-0.25, -0.2) is 12.8 Å². The Kier molecular flexibility index (Phi) is 5.83. The van der Waals surface area contributed by atoms with Gasteiger partial charge >= 0.3 is 0 Å². The predicted octanol–water partition coefficient (Wildman–Crippen LogP) is 3.89. The number of sulfonamides is 1. The second kappa shape index (κ2) is 8.68. The fourth-order valence-electron chi connectivity index (χ4n) is 4.35. The van der Waals surface area contributed by atoms with Crippen LogP contribution in [0.3, 0.4) is 0 Å². The first-order valence-electron chi connectivity index (χ1n) is 10.4. The molecular formula is C22H18Cl2FN5O3S. The van der Waals surface area contributed by atoms with Crippen LogP contribution in [0.1, 0.15) is 12.0 Å². The molecule has 2 aliphatic heterocycles. The number of amides is 1. The Bertz CT molecular complexity index is 1370. The van der Waals surface area contributed by atoms with Crippen molar-refractivity contribution in [1.82, 2.24) is 10.2 Å². The second-order valence-electron chi connectivity index (χ2n) is 7.94. The highest BCUT2D eigenvalue weighted by atomic mass is 35.5. The minimum Gasteiger partial charge on any atom is -0.359 e. The van der Waals surface area contributed by atoms with Gasteiger partial charge in [-0.2, -0.15) is 0 Å². The van der Waals surface area contributed by atoms with Crippen molar-refractivity contribution in [3.63, 3.8) is 0 Å². The standard InChI is InChI=1S/C22H18Cl2FN5O3S/c23-19-7-8-20(27-26-19)28-34(32,33)14-3-1-13(2-4-14)29-12-10-18(22(29)31)30-11-9-15-17(30)6-5-16(25)21(15)24/h1-8,18H,9-12H2,(H,27,28)/t18-/m0/s1. The van der Waals surface area contributed by atoms with Crippen LogP contribution in [0.15, 0.2) is 53.4 Å². The zero-order valence-corrected chi connectivity index (χ0v) is 19.9. The zero-order valence-electron chi connectivity index (χ0n) is 17.6. The lowest BCUT2D eigenvalue weighted by molar-refractivity contribution is -0.118. The van der Waals surface area contributed by atoms with Crippen LogP contribution in [0.4, 0.5) is 21.6 Å². The van der Waals surface area contributed by atoms with Crippen LogP contribution in [-0.2, 0) is 21.2 Å². The lowest BCUT2D eigenvalue weighted by Crippen LogP contribution is -2.41. The molecule has 1 amide bonds. The number of fused-ring (bicyclic) bond motifs is 1. The molecule has 5 rings (SSSR count). The highest BCUT2D eigenvalue weighted by molar-refractivity contribution is 7.92. The van der Waals surface area contributed by atoms with Crippen LogP contribution in [0.5, 0.6) is 0 Å². The van der Waals surface area contributed by atoms with E-state index in [9.17, 15) is 17.6 Å². The Morgan fingerprint density at radius 1 is 1.00 bits per heavy atom. The summed E-state index contributed by atoms with van der Waals surface area (Å²) in [6.45, 7) is 1.06. The molecule has 34 heavy (non-hydrogen) atoms.